The average Bonchev–Trinajstić information content (AvgIpc) is 3.37. The zero-order valence-corrected chi connectivity index (χ0v) is 19.1. The number of ketones is 1. The Bertz CT molecular complexity index is 1310. The summed E-state index contributed by atoms with van der Waals surface area (Å²) in [6.45, 7) is 1.35. The van der Waals surface area contributed by atoms with Crippen molar-refractivity contribution in [2.24, 2.45) is 0 Å². The fourth-order valence-corrected chi connectivity index (χ4v) is 4.54. The van der Waals surface area contributed by atoms with Gasteiger partial charge in [0.05, 0.1) is 38.3 Å². The summed E-state index contributed by atoms with van der Waals surface area (Å²) in [5, 5.41) is 28.6. The number of imidazole rings is 1. The predicted octanol–water partition coefficient (Wildman–Crippen LogP) is 3.75. The van der Waals surface area contributed by atoms with Gasteiger partial charge in [-0.2, -0.15) is 0 Å². The highest BCUT2D eigenvalue weighted by molar-refractivity contribution is 7.17. The summed E-state index contributed by atoms with van der Waals surface area (Å²) in [6, 6.07) is 10.6. The maximum Gasteiger partial charge on any atom is 0.194 e. The van der Waals surface area contributed by atoms with E-state index in [4.69, 9.17) is 9.72 Å². The van der Waals surface area contributed by atoms with Crippen LogP contribution in [-0.4, -0.2) is 37.6 Å². The number of nitrogens with zero attached hydrogens (tertiary/aromatic N) is 2. The van der Waals surface area contributed by atoms with Gasteiger partial charge < -0.3 is 20.1 Å². The van der Waals surface area contributed by atoms with Crippen LogP contribution in [0, 0.1) is 6.92 Å². The van der Waals surface area contributed by atoms with Crippen LogP contribution in [0.15, 0.2) is 48.7 Å². The van der Waals surface area contributed by atoms with Crippen LogP contribution in [0.4, 0.5) is 0 Å². The molecule has 2 aromatic carbocycles. The Morgan fingerprint density at radius 1 is 1.12 bits per heavy atom. The fourth-order valence-electron chi connectivity index (χ4n) is 3.71. The van der Waals surface area contributed by atoms with Crippen LogP contribution in [-0.2, 0) is 19.8 Å². The van der Waals surface area contributed by atoms with E-state index in [1.54, 1.807) is 29.5 Å². The molecule has 7 nitrogen and oxygen atoms in total. The third-order valence-corrected chi connectivity index (χ3v) is 6.31. The summed E-state index contributed by atoms with van der Waals surface area (Å²) in [7, 11) is 1.45. The van der Waals surface area contributed by atoms with Crippen molar-refractivity contribution in [1.29, 1.82) is 0 Å². The number of aliphatic hydroxyl groups is 3. The number of allylic oxidation sites excluding steroid dienone is 1. The molecular weight excluding hydrogens is 440 g/mol. The monoisotopic (exact) mass is 464 g/mol. The van der Waals surface area contributed by atoms with E-state index in [2.05, 4.69) is 0 Å². The first-order chi connectivity index (χ1) is 16.0. The molecule has 4 rings (SSSR count). The molecule has 8 heteroatoms. The van der Waals surface area contributed by atoms with Crippen molar-refractivity contribution in [3.8, 4) is 17.0 Å². The molecule has 33 heavy (non-hydrogen) atoms. The number of hydrogen-bond acceptors (Lipinski definition) is 7. The minimum atomic E-state index is -0.317. The number of aromatic nitrogens is 2. The van der Waals surface area contributed by atoms with E-state index in [0.717, 1.165) is 32.4 Å². The molecule has 0 aliphatic rings. The number of hydrogen-bond donors (Lipinski definition) is 3. The van der Waals surface area contributed by atoms with Gasteiger partial charge in [0.1, 0.15) is 5.75 Å². The van der Waals surface area contributed by atoms with Gasteiger partial charge in [0.2, 0.25) is 0 Å². The zero-order chi connectivity index (χ0) is 23.5. The summed E-state index contributed by atoms with van der Waals surface area (Å²) >= 11 is 1.56. The predicted molar refractivity (Wildman–Crippen MR) is 127 cm³/mol. The van der Waals surface area contributed by atoms with Gasteiger partial charge in [0, 0.05) is 27.8 Å². The zero-order valence-electron chi connectivity index (χ0n) is 18.3. The number of aliphatic hydroxyl groups excluding tert-OH is 3. The summed E-state index contributed by atoms with van der Waals surface area (Å²) in [5.74, 6) is 0.0848. The van der Waals surface area contributed by atoms with Crippen LogP contribution in [0.2, 0.25) is 0 Å². The van der Waals surface area contributed by atoms with Crippen molar-refractivity contribution in [2.45, 2.75) is 26.7 Å². The smallest absolute Gasteiger partial charge is 0.194 e. The number of carbonyl (C=O) groups is 1. The van der Waals surface area contributed by atoms with E-state index in [-0.39, 0.29) is 25.6 Å². The van der Waals surface area contributed by atoms with Gasteiger partial charge in [-0.25, -0.2) is 4.98 Å². The molecule has 0 unspecified atom stereocenters. The van der Waals surface area contributed by atoms with Crippen LogP contribution in [0.5, 0.6) is 5.75 Å². The highest BCUT2D eigenvalue weighted by atomic mass is 32.1. The molecule has 0 radical (unpaired) electrons. The van der Waals surface area contributed by atoms with Crippen molar-refractivity contribution in [1.82, 2.24) is 9.38 Å². The Hall–Kier alpha value is -3.30. The summed E-state index contributed by atoms with van der Waals surface area (Å²) in [4.78, 5) is 19.7. The van der Waals surface area contributed by atoms with Crippen LogP contribution >= 0.6 is 11.3 Å². The highest BCUT2D eigenvalue weighted by Gasteiger charge is 2.16. The molecule has 0 bridgehead atoms. The van der Waals surface area contributed by atoms with Crippen LogP contribution < -0.4 is 4.74 Å². The van der Waals surface area contributed by atoms with Gasteiger partial charge >= 0.3 is 0 Å². The van der Waals surface area contributed by atoms with Crippen molar-refractivity contribution in [3.05, 3.63) is 81.5 Å². The Morgan fingerprint density at radius 2 is 1.88 bits per heavy atom. The van der Waals surface area contributed by atoms with Gasteiger partial charge in [-0.1, -0.05) is 24.3 Å². The van der Waals surface area contributed by atoms with Crippen molar-refractivity contribution in [2.75, 3.05) is 7.11 Å². The molecular formula is C25H24N2O5S. The summed E-state index contributed by atoms with van der Waals surface area (Å²) < 4.78 is 7.25. The van der Waals surface area contributed by atoms with Crippen molar-refractivity contribution in [3.63, 3.8) is 0 Å². The number of ether oxygens (including phenoxy) is 1. The highest BCUT2D eigenvalue weighted by Crippen LogP contribution is 2.30. The number of benzene rings is 2. The molecule has 0 aliphatic carbocycles. The first-order valence-corrected chi connectivity index (χ1v) is 11.1. The third kappa shape index (κ3) is 4.46. The number of methoxy groups -OCH3 is 1. The standard InChI is InChI=1S/C25H24N2O5S/c1-15-11-27-21(24(26-25(27)33-15)17-5-3-16(12-28)4-6-17)7-8-22(31)18-9-19(13-29)20(14-30)23(10-18)32-2/h3-11,28-30H,12-14H2,1-2H3. The quantitative estimate of drug-likeness (QED) is 0.271. The third-order valence-electron chi connectivity index (χ3n) is 5.42. The second-order valence-electron chi connectivity index (χ2n) is 7.53. The molecule has 0 saturated heterocycles. The fraction of sp³-hybridized carbons (Fsp3) is 0.200. The van der Waals surface area contributed by atoms with E-state index in [9.17, 15) is 20.1 Å². The molecule has 2 heterocycles. The molecule has 2 aromatic heterocycles. The lowest BCUT2D eigenvalue weighted by molar-refractivity contribution is 0.104. The average molecular weight is 465 g/mol. The molecule has 0 atom stereocenters. The number of carbonyl (C=O) groups excluding carboxylic acids is 1. The van der Waals surface area contributed by atoms with Crippen LogP contribution in [0.3, 0.4) is 0 Å². The lowest BCUT2D eigenvalue weighted by Gasteiger charge is -2.12. The van der Waals surface area contributed by atoms with Gasteiger partial charge in [-0.05, 0) is 42.3 Å². The van der Waals surface area contributed by atoms with Gasteiger partial charge in [0.25, 0.3) is 0 Å². The minimum absolute atomic E-state index is 0.0343. The molecule has 3 N–H and O–H groups in total. The molecule has 4 aromatic rings. The van der Waals surface area contributed by atoms with E-state index >= 15 is 0 Å². The Morgan fingerprint density at radius 3 is 2.52 bits per heavy atom. The molecule has 0 fully saturated rings. The molecule has 0 saturated carbocycles. The molecule has 0 amide bonds. The van der Waals surface area contributed by atoms with Crippen LogP contribution in [0.1, 0.15) is 37.6 Å². The number of aryl methyl sites for hydroxylation is 1. The van der Waals surface area contributed by atoms with Gasteiger partial charge in [-0.15, -0.1) is 11.3 Å². The maximum absolute atomic E-state index is 13.0. The minimum Gasteiger partial charge on any atom is -0.496 e. The number of thiazole rings is 1. The van der Waals surface area contributed by atoms with E-state index in [1.165, 1.54) is 13.2 Å². The Kier molecular flexibility index (Phi) is 6.71. The van der Waals surface area contributed by atoms with Crippen molar-refractivity contribution >= 4 is 28.2 Å². The number of fused-ring (bicyclic) bond motifs is 1. The molecule has 0 spiro atoms. The van der Waals surface area contributed by atoms with E-state index in [0.29, 0.717) is 22.4 Å². The Labute approximate surface area is 194 Å². The summed E-state index contributed by atoms with van der Waals surface area (Å²) in [5.41, 5.74) is 4.44. The molecule has 0 aliphatic heterocycles. The first-order valence-electron chi connectivity index (χ1n) is 10.3. The SMILES string of the molecule is COc1cc(C(=O)C=Cc2c(-c3ccc(CO)cc3)nc3sc(C)cn23)cc(CO)c1CO. The maximum atomic E-state index is 13.0. The van der Waals surface area contributed by atoms with E-state index in [1.807, 2.05) is 41.8 Å². The topological polar surface area (TPSA) is 104 Å². The second-order valence-corrected chi connectivity index (χ2v) is 8.74. The normalized spacial score (nSPS) is 11.5. The lowest BCUT2D eigenvalue weighted by atomic mass is 10.0. The second kappa shape index (κ2) is 9.68. The summed E-state index contributed by atoms with van der Waals surface area (Å²) in [6.07, 6.45) is 5.18. The number of rotatable bonds is 8. The van der Waals surface area contributed by atoms with Gasteiger partial charge in [-0.3, -0.25) is 9.20 Å². The largest absolute Gasteiger partial charge is 0.496 e. The first kappa shape index (κ1) is 22.9. The van der Waals surface area contributed by atoms with Gasteiger partial charge in [0.15, 0.2) is 10.7 Å². The van der Waals surface area contributed by atoms with E-state index < -0.39 is 0 Å². The Balaban J connectivity index is 1.75. The van der Waals surface area contributed by atoms with Crippen molar-refractivity contribution < 1.29 is 24.9 Å². The lowest BCUT2D eigenvalue weighted by Crippen LogP contribution is -2.04. The van der Waals surface area contributed by atoms with Crippen LogP contribution in [0.25, 0.3) is 22.3 Å². The molecule has 170 valence electrons.